The fourth-order valence-electron chi connectivity index (χ4n) is 2.64. The molecule has 0 radical (unpaired) electrons. The van der Waals surface area contributed by atoms with E-state index in [1.807, 2.05) is 23.9 Å². The van der Waals surface area contributed by atoms with Crippen LogP contribution in [0.25, 0.3) is 0 Å². The first-order valence-electron chi connectivity index (χ1n) is 6.97. The summed E-state index contributed by atoms with van der Waals surface area (Å²) < 4.78 is 0. The zero-order valence-electron chi connectivity index (χ0n) is 11.6. The lowest BCUT2D eigenvalue weighted by molar-refractivity contribution is 0.453. The zero-order valence-corrected chi connectivity index (χ0v) is 12.4. The molecule has 0 saturated carbocycles. The molecule has 0 aromatic heterocycles. The number of phenolic OH excluding ortho intramolecular Hbond substituents is 1. The van der Waals surface area contributed by atoms with Crippen LogP contribution in [0.5, 0.6) is 5.75 Å². The van der Waals surface area contributed by atoms with Gasteiger partial charge < -0.3 is 10.4 Å². The molecule has 0 aliphatic carbocycles. The maximum Gasteiger partial charge on any atom is 0.120 e. The molecule has 3 rings (SSSR count). The Morgan fingerprint density at radius 1 is 1.25 bits per heavy atom. The number of benzene rings is 2. The van der Waals surface area contributed by atoms with E-state index in [2.05, 4.69) is 36.5 Å². The van der Waals surface area contributed by atoms with Crippen molar-refractivity contribution in [2.75, 3.05) is 5.75 Å². The molecule has 1 heterocycles. The number of aryl methyl sites for hydroxylation is 1. The van der Waals surface area contributed by atoms with Gasteiger partial charge in [-0.05, 0) is 36.8 Å². The summed E-state index contributed by atoms with van der Waals surface area (Å²) in [7, 11) is 0. The summed E-state index contributed by atoms with van der Waals surface area (Å²) >= 11 is 1.93. The Hall–Kier alpha value is -1.45. The van der Waals surface area contributed by atoms with Crippen molar-refractivity contribution in [2.45, 2.75) is 30.8 Å². The second-order valence-corrected chi connectivity index (χ2v) is 6.38. The third kappa shape index (κ3) is 2.84. The Kier molecular flexibility index (Phi) is 3.99. The highest BCUT2D eigenvalue weighted by Gasteiger charge is 2.19. The molecule has 1 aliphatic rings. The Balaban J connectivity index is 1.75. The minimum atomic E-state index is 0.376. The van der Waals surface area contributed by atoms with Gasteiger partial charge >= 0.3 is 0 Å². The Morgan fingerprint density at radius 2 is 2.10 bits per heavy atom. The lowest BCUT2D eigenvalue weighted by atomic mass is 10.0. The van der Waals surface area contributed by atoms with Crippen LogP contribution in [0.2, 0.25) is 0 Å². The van der Waals surface area contributed by atoms with E-state index >= 15 is 0 Å². The number of hydrogen-bond acceptors (Lipinski definition) is 3. The van der Waals surface area contributed by atoms with Gasteiger partial charge in [0.05, 0.1) is 0 Å². The topological polar surface area (TPSA) is 32.3 Å². The number of phenols is 1. The van der Waals surface area contributed by atoms with Crippen LogP contribution in [0.15, 0.2) is 47.4 Å². The number of aromatic hydroxyl groups is 1. The fraction of sp³-hybridized carbons (Fsp3) is 0.294. The van der Waals surface area contributed by atoms with Gasteiger partial charge in [0, 0.05) is 23.0 Å². The second kappa shape index (κ2) is 5.90. The van der Waals surface area contributed by atoms with Gasteiger partial charge in [-0.3, -0.25) is 0 Å². The van der Waals surface area contributed by atoms with E-state index in [0.29, 0.717) is 18.3 Å². The van der Waals surface area contributed by atoms with E-state index < -0.39 is 0 Å². The van der Waals surface area contributed by atoms with Crippen molar-refractivity contribution >= 4 is 11.8 Å². The molecule has 20 heavy (non-hydrogen) atoms. The average molecular weight is 285 g/mol. The van der Waals surface area contributed by atoms with Crippen LogP contribution in [-0.4, -0.2) is 10.9 Å². The third-order valence-corrected chi connectivity index (χ3v) is 4.86. The molecule has 0 bridgehead atoms. The van der Waals surface area contributed by atoms with Gasteiger partial charge in [-0.25, -0.2) is 0 Å². The van der Waals surface area contributed by atoms with Crippen molar-refractivity contribution in [3.63, 3.8) is 0 Å². The van der Waals surface area contributed by atoms with Crippen molar-refractivity contribution in [3.8, 4) is 5.75 Å². The second-order valence-electron chi connectivity index (χ2n) is 5.24. The summed E-state index contributed by atoms with van der Waals surface area (Å²) in [5, 5.41) is 13.5. The molecule has 1 unspecified atom stereocenters. The molecule has 0 amide bonds. The minimum absolute atomic E-state index is 0.376. The van der Waals surface area contributed by atoms with Crippen LogP contribution in [0.1, 0.15) is 29.2 Å². The monoisotopic (exact) mass is 285 g/mol. The highest BCUT2D eigenvalue weighted by molar-refractivity contribution is 7.99. The SMILES string of the molecule is Cc1ccc(O)c(CNC2CCSc3ccccc32)c1. The molecule has 1 aliphatic heterocycles. The normalized spacial score (nSPS) is 17.8. The van der Waals surface area contributed by atoms with Crippen molar-refractivity contribution in [2.24, 2.45) is 0 Å². The highest BCUT2D eigenvalue weighted by atomic mass is 32.2. The predicted octanol–water partition coefficient (Wildman–Crippen LogP) is 4.03. The Morgan fingerprint density at radius 3 is 3.00 bits per heavy atom. The summed E-state index contributed by atoms with van der Waals surface area (Å²) in [5.74, 6) is 1.52. The van der Waals surface area contributed by atoms with E-state index in [1.54, 1.807) is 6.07 Å². The van der Waals surface area contributed by atoms with Crippen LogP contribution in [0.4, 0.5) is 0 Å². The zero-order chi connectivity index (χ0) is 13.9. The van der Waals surface area contributed by atoms with Crippen molar-refractivity contribution in [1.82, 2.24) is 5.32 Å². The molecule has 2 aromatic rings. The quantitative estimate of drug-likeness (QED) is 0.893. The first-order chi connectivity index (χ1) is 9.74. The first-order valence-corrected chi connectivity index (χ1v) is 7.96. The van der Waals surface area contributed by atoms with E-state index in [-0.39, 0.29) is 0 Å². The van der Waals surface area contributed by atoms with Crippen LogP contribution in [0.3, 0.4) is 0 Å². The number of nitrogens with one attached hydrogen (secondary N) is 1. The number of thioether (sulfide) groups is 1. The molecule has 104 valence electrons. The van der Waals surface area contributed by atoms with Crippen LogP contribution in [0, 0.1) is 6.92 Å². The standard InChI is InChI=1S/C17H19NOS/c1-12-6-7-16(19)13(10-12)11-18-15-8-9-20-17-5-3-2-4-14(15)17/h2-7,10,15,18-19H,8-9,11H2,1H3. The van der Waals surface area contributed by atoms with E-state index in [1.165, 1.54) is 16.0 Å². The third-order valence-electron chi connectivity index (χ3n) is 3.73. The van der Waals surface area contributed by atoms with Gasteiger partial charge in [0.1, 0.15) is 5.75 Å². The maximum absolute atomic E-state index is 9.92. The number of fused-ring (bicyclic) bond motifs is 1. The highest BCUT2D eigenvalue weighted by Crippen LogP contribution is 2.36. The molecule has 0 spiro atoms. The molecule has 3 heteroatoms. The van der Waals surface area contributed by atoms with Crippen LogP contribution >= 0.6 is 11.8 Å². The molecule has 2 N–H and O–H groups in total. The molecule has 2 aromatic carbocycles. The lowest BCUT2D eigenvalue weighted by Gasteiger charge is -2.26. The maximum atomic E-state index is 9.92. The molecule has 2 nitrogen and oxygen atoms in total. The Labute approximate surface area is 124 Å². The summed E-state index contributed by atoms with van der Waals surface area (Å²) in [6.45, 7) is 2.76. The first kappa shape index (κ1) is 13.5. The van der Waals surface area contributed by atoms with Crippen molar-refractivity contribution in [1.29, 1.82) is 0 Å². The van der Waals surface area contributed by atoms with Crippen LogP contribution in [-0.2, 0) is 6.54 Å². The smallest absolute Gasteiger partial charge is 0.120 e. The molecule has 0 saturated heterocycles. The summed E-state index contributed by atoms with van der Waals surface area (Å²) in [5.41, 5.74) is 3.54. The summed E-state index contributed by atoms with van der Waals surface area (Å²) in [6.07, 6.45) is 1.13. The lowest BCUT2D eigenvalue weighted by Crippen LogP contribution is -2.24. The van der Waals surface area contributed by atoms with Gasteiger partial charge in [-0.1, -0.05) is 35.9 Å². The number of rotatable bonds is 3. The van der Waals surface area contributed by atoms with Gasteiger partial charge in [0.25, 0.3) is 0 Å². The predicted molar refractivity (Wildman–Crippen MR) is 84.2 cm³/mol. The van der Waals surface area contributed by atoms with E-state index in [0.717, 1.165) is 17.7 Å². The summed E-state index contributed by atoms with van der Waals surface area (Å²) in [6, 6.07) is 14.7. The van der Waals surface area contributed by atoms with Crippen molar-refractivity contribution in [3.05, 3.63) is 59.2 Å². The van der Waals surface area contributed by atoms with Gasteiger partial charge in [0.15, 0.2) is 0 Å². The molecular weight excluding hydrogens is 266 g/mol. The van der Waals surface area contributed by atoms with E-state index in [9.17, 15) is 5.11 Å². The van der Waals surface area contributed by atoms with E-state index in [4.69, 9.17) is 0 Å². The molecular formula is C17H19NOS. The summed E-state index contributed by atoms with van der Waals surface area (Å²) in [4.78, 5) is 1.38. The van der Waals surface area contributed by atoms with Gasteiger partial charge in [0.2, 0.25) is 0 Å². The van der Waals surface area contributed by atoms with Gasteiger partial charge in [-0.2, -0.15) is 0 Å². The average Bonchev–Trinajstić information content (AvgIpc) is 2.48. The van der Waals surface area contributed by atoms with Gasteiger partial charge in [-0.15, -0.1) is 11.8 Å². The molecule has 1 atom stereocenters. The fourth-order valence-corrected chi connectivity index (χ4v) is 3.77. The number of hydrogen-bond donors (Lipinski definition) is 2. The van der Waals surface area contributed by atoms with Crippen LogP contribution < -0.4 is 5.32 Å². The Bertz CT molecular complexity index is 612. The largest absolute Gasteiger partial charge is 0.508 e. The minimum Gasteiger partial charge on any atom is -0.508 e. The van der Waals surface area contributed by atoms with Crippen molar-refractivity contribution < 1.29 is 5.11 Å². The molecule has 0 fully saturated rings.